The van der Waals surface area contributed by atoms with E-state index in [9.17, 15) is 19.1 Å². The fraction of sp³-hybridized carbons (Fsp3) is 0.714. The van der Waals surface area contributed by atoms with Crippen LogP contribution in [0.1, 0.15) is 71.1 Å². The predicted octanol–water partition coefficient (Wildman–Crippen LogP) is 4.62. The Morgan fingerprint density at radius 2 is 2.04 bits per heavy atom. The molecule has 0 saturated heterocycles. The van der Waals surface area contributed by atoms with Crippen LogP contribution in [-0.4, -0.2) is 34.2 Å². The monoisotopic (exact) mass is 368 g/mol. The summed E-state index contributed by atoms with van der Waals surface area (Å²) < 4.78 is 14.4. The summed E-state index contributed by atoms with van der Waals surface area (Å²) in [6.45, 7) is 6.01. The number of hydrogen-bond acceptors (Lipinski definition) is 3. The van der Waals surface area contributed by atoms with E-state index in [2.05, 4.69) is 13.5 Å². The van der Waals surface area contributed by atoms with Crippen LogP contribution in [0.25, 0.3) is 0 Å². The highest BCUT2D eigenvalue weighted by Crippen LogP contribution is 2.39. The predicted molar refractivity (Wildman–Crippen MR) is 101 cm³/mol. The lowest BCUT2D eigenvalue weighted by molar-refractivity contribution is -0.137. The van der Waals surface area contributed by atoms with Gasteiger partial charge in [0, 0.05) is 18.8 Å². The summed E-state index contributed by atoms with van der Waals surface area (Å²) in [5.74, 6) is -1.23. The van der Waals surface area contributed by atoms with E-state index in [1.165, 1.54) is 0 Å². The quantitative estimate of drug-likeness (QED) is 0.367. The van der Waals surface area contributed by atoms with Gasteiger partial charge in [-0.25, -0.2) is 4.39 Å². The van der Waals surface area contributed by atoms with Crippen molar-refractivity contribution in [2.45, 2.75) is 83.4 Å². The summed E-state index contributed by atoms with van der Waals surface area (Å²) in [5.41, 5.74) is 0.766. The van der Waals surface area contributed by atoms with E-state index in [4.69, 9.17) is 5.11 Å². The van der Waals surface area contributed by atoms with Crippen molar-refractivity contribution in [1.82, 2.24) is 0 Å². The molecule has 1 saturated carbocycles. The molecule has 2 N–H and O–H groups in total. The first kappa shape index (κ1) is 22.6. The largest absolute Gasteiger partial charge is 0.481 e. The van der Waals surface area contributed by atoms with Crippen molar-refractivity contribution in [3.63, 3.8) is 0 Å². The third-order valence-corrected chi connectivity index (χ3v) is 5.14. The van der Waals surface area contributed by atoms with Crippen LogP contribution < -0.4 is 0 Å². The van der Waals surface area contributed by atoms with Gasteiger partial charge in [-0.15, -0.1) is 0 Å². The summed E-state index contributed by atoms with van der Waals surface area (Å²) in [4.78, 5) is 22.7. The zero-order valence-electron chi connectivity index (χ0n) is 15.8. The number of carboxylic acids is 1. The minimum atomic E-state index is -1.33. The highest BCUT2D eigenvalue weighted by molar-refractivity contribution is 5.87. The molecule has 1 aliphatic rings. The first-order valence-electron chi connectivity index (χ1n) is 9.76. The van der Waals surface area contributed by atoms with Crippen LogP contribution in [0.2, 0.25) is 0 Å². The summed E-state index contributed by atoms with van der Waals surface area (Å²) in [6.07, 6.45) is 7.06. The molecular formula is C21H33FO4. The van der Waals surface area contributed by atoms with Crippen LogP contribution >= 0.6 is 0 Å². The number of hydrogen-bond donors (Lipinski definition) is 2. The van der Waals surface area contributed by atoms with Gasteiger partial charge in [0.05, 0.1) is 6.10 Å². The zero-order valence-corrected chi connectivity index (χ0v) is 15.8. The molecule has 4 atom stereocenters. The lowest BCUT2D eigenvalue weighted by Gasteiger charge is -2.23. The van der Waals surface area contributed by atoms with Crippen LogP contribution in [-0.2, 0) is 9.59 Å². The van der Waals surface area contributed by atoms with Crippen molar-refractivity contribution in [2.75, 3.05) is 0 Å². The van der Waals surface area contributed by atoms with E-state index in [-0.39, 0.29) is 30.5 Å². The molecule has 0 bridgehead atoms. The molecule has 26 heavy (non-hydrogen) atoms. The van der Waals surface area contributed by atoms with E-state index in [0.29, 0.717) is 32.1 Å². The fourth-order valence-corrected chi connectivity index (χ4v) is 3.54. The molecule has 0 aromatic carbocycles. The molecular weight excluding hydrogens is 335 g/mol. The van der Waals surface area contributed by atoms with Crippen molar-refractivity contribution in [1.29, 1.82) is 0 Å². The van der Waals surface area contributed by atoms with Crippen molar-refractivity contribution in [3.05, 3.63) is 24.3 Å². The molecule has 148 valence electrons. The van der Waals surface area contributed by atoms with Gasteiger partial charge in [0.1, 0.15) is 12.0 Å². The number of halogens is 1. The maximum atomic E-state index is 14.4. The zero-order chi connectivity index (χ0) is 19.5. The van der Waals surface area contributed by atoms with Crippen LogP contribution in [0.3, 0.4) is 0 Å². The highest BCUT2D eigenvalue weighted by Gasteiger charge is 2.38. The van der Waals surface area contributed by atoms with E-state index in [1.54, 1.807) is 0 Å². The molecule has 0 radical (unpaired) electrons. The summed E-state index contributed by atoms with van der Waals surface area (Å²) in [6, 6.07) is 0. The second-order valence-corrected chi connectivity index (χ2v) is 7.32. The van der Waals surface area contributed by atoms with Gasteiger partial charge in [-0.2, -0.15) is 0 Å². The summed E-state index contributed by atoms with van der Waals surface area (Å²) >= 11 is 0. The number of carbonyl (C=O) groups excluding carboxylic acids is 1. The number of rotatable bonds is 13. The Hall–Kier alpha value is -1.49. The van der Waals surface area contributed by atoms with Gasteiger partial charge in [-0.3, -0.25) is 9.59 Å². The van der Waals surface area contributed by atoms with Crippen LogP contribution in [0.4, 0.5) is 4.39 Å². The number of carboxylic acid groups (broad SMARTS) is 1. The number of carbonyl (C=O) groups is 2. The minimum absolute atomic E-state index is 0.0860. The lowest BCUT2D eigenvalue weighted by atomic mass is 9.85. The molecule has 0 aromatic heterocycles. The number of Topliss-reactive ketones (excluding diaryl/α,β-unsaturated/α-hetero) is 1. The first-order valence-corrected chi connectivity index (χ1v) is 9.76. The Balaban J connectivity index is 2.50. The second kappa shape index (κ2) is 12.0. The average Bonchev–Trinajstić information content (AvgIpc) is 2.84. The second-order valence-electron chi connectivity index (χ2n) is 7.32. The van der Waals surface area contributed by atoms with Crippen molar-refractivity contribution >= 4 is 11.8 Å². The number of aliphatic hydroxyl groups excluding tert-OH is 1. The molecule has 0 heterocycles. The van der Waals surface area contributed by atoms with Gasteiger partial charge in [-0.1, -0.05) is 50.5 Å². The Labute approximate surface area is 156 Å². The number of ketones is 1. The molecule has 1 fully saturated rings. The minimum Gasteiger partial charge on any atom is -0.481 e. The Morgan fingerprint density at radius 3 is 2.69 bits per heavy atom. The van der Waals surface area contributed by atoms with E-state index in [1.807, 2.05) is 12.2 Å². The van der Waals surface area contributed by atoms with Crippen molar-refractivity contribution < 1.29 is 24.2 Å². The Morgan fingerprint density at radius 1 is 1.31 bits per heavy atom. The molecule has 0 unspecified atom stereocenters. The lowest BCUT2D eigenvalue weighted by Crippen LogP contribution is -2.27. The van der Waals surface area contributed by atoms with Gasteiger partial charge in [-0.05, 0) is 38.0 Å². The normalized spacial score (nSPS) is 22.9. The summed E-state index contributed by atoms with van der Waals surface area (Å²) in [5, 5.41) is 18.6. The molecule has 1 aliphatic carbocycles. The third kappa shape index (κ3) is 7.81. The van der Waals surface area contributed by atoms with Crippen LogP contribution in [0.5, 0.6) is 0 Å². The SMILES string of the molecule is C=C1CC(=O)[C@H](CC=CCCCC(=O)O)[C@H]1C[C@@H](F)[C@@H](O)CCCCC. The maximum absolute atomic E-state index is 14.4. The Kier molecular flexibility index (Phi) is 10.4. The number of allylic oxidation sites excluding steroid dienone is 3. The standard InChI is InChI=1S/C21H33FO4/c1-3-4-7-11-19(23)18(22)14-17-15(2)13-20(24)16(17)10-8-5-6-9-12-21(25)26/h5,8,16-19,23H,2-4,6-7,9-14H2,1H3,(H,25,26)/t16-,17+,18-,19+/m1/s1. The van der Waals surface area contributed by atoms with Crippen molar-refractivity contribution in [3.8, 4) is 0 Å². The third-order valence-electron chi connectivity index (χ3n) is 5.14. The van der Waals surface area contributed by atoms with Gasteiger partial charge in [0.15, 0.2) is 0 Å². The Bertz CT molecular complexity index is 500. The smallest absolute Gasteiger partial charge is 0.303 e. The van der Waals surface area contributed by atoms with Gasteiger partial charge in [0.25, 0.3) is 0 Å². The van der Waals surface area contributed by atoms with E-state index in [0.717, 1.165) is 24.8 Å². The maximum Gasteiger partial charge on any atom is 0.303 e. The van der Waals surface area contributed by atoms with Gasteiger partial charge < -0.3 is 10.2 Å². The van der Waals surface area contributed by atoms with Crippen molar-refractivity contribution in [2.24, 2.45) is 11.8 Å². The molecule has 0 spiro atoms. The van der Waals surface area contributed by atoms with E-state index < -0.39 is 18.2 Å². The molecule has 0 amide bonds. The van der Waals surface area contributed by atoms with Crippen LogP contribution in [0, 0.1) is 11.8 Å². The number of aliphatic hydroxyl groups is 1. The van der Waals surface area contributed by atoms with Gasteiger partial charge >= 0.3 is 5.97 Å². The molecule has 5 heteroatoms. The highest BCUT2D eigenvalue weighted by atomic mass is 19.1. The van der Waals surface area contributed by atoms with Gasteiger partial charge in [0.2, 0.25) is 0 Å². The summed E-state index contributed by atoms with van der Waals surface area (Å²) in [7, 11) is 0. The number of alkyl halides is 1. The van der Waals surface area contributed by atoms with E-state index >= 15 is 0 Å². The molecule has 0 aromatic rings. The molecule has 1 rings (SSSR count). The fourth-order valence-electron chi connectivity index (χ4n) is 3.54. The van der Waals surface area contributed by atoms with Crippen LogP contribution in [0.15, 0.2) is 24.3 Å². The number of aliphatic carboxylic acids is 1. The average molecular weight is 368 g/mol. The molecule has 0 aliphatic heterocycles. The first-order chi connectivity index (χ1) is 12.4. The number of unbranched alkanes of at least 4 members (excludes halogenated alkanes) is 3. The molecule has 4 nitrogen and oxygen atoms in total. The topological polar surface area (TPSA) is 74.6 Å².